The normalized spacial score (nSPS) is 32.2. The molecule has 0 aromatic rings. The van der Waals surface area contributed by atoms with Gasteiger partial charge >= 0.3 is 11.9 Å². The van der Waals surface area contributed by atoms with Gasteiger partial charge in [-0.3, -0.25) is 9.59 Å². The van der Waals surface area contributed by atoms with Gasteiger partial charge in [0.1, 0.15) is 6.10 Å². The predicted octanol–water partition coefficient (Wildman–Crippen LogP) is 2.20. The summed E-state index contributed by atoms with van der Waals surface area (Å²) in [5.41, 5.74) is -1.16. The topological polar surface area (TPSA) is 52.6 Å². The van der Waals surface area contributed by atoms with Gasteiger partial charge in [0.25, 0.3) is 0 Å². The smallest absolute Gasteiger partial charge is 0.312 e. The quantitative estimate of drug-likeness (QED) is 0.710. The average molecular weight is 240 g/mol. The van der Waals surface area contributed by atoms with Crippen LogP contribution in [0, 0.1) is 5.41 Å². The summed E-state index contributed by atoms with van der Waals surface area (Å²) in [6.45, 7) is 5.70. The van der Waals surface area contributed by atoms with Crippen molar-refractivity contribution < 1.29 is 19.1 Å². The largest absolute Gasteiger partial charge is 0.458 e. The monoisotopic (exact) mass is 240 g/mol. The predicted molar refractivity (Wildman–Crippen MR) is 61.2 cm³/mol. The lowest BCUT2D eigenvalue weighted by atomic mass is 9.89. The average Bonchev–Trinajstić information content (AvgIpc) is 2.73. The maximum Gasteiger partial charge on any atom is 0.312 e. The highest BCUT2D eigenvalue weighted by Crippen LogP contribution is 2.44. The fourth-order valence-corrected chi connectivity index (χ4v) is 2.44. The number of rotatable bonds is 3. The molecule has 0 amide bonds. The molecule has 2 unspecified atom stereocenters. The summed E-state index contributed by atoms with van der Waals surface area (Å²) in [6, 6.07) is 0. The molecule has 0 spiro atoms. The van der Waals surface area contributed by atoms with Gasteiger partial charge in [0.15, 0.2) is 5.60 Å². The number of hydrogen-bond acceptors (Lipinski definition) is 4. The van der Waals surface area contributed by atoms with Gasteiger partial charge in [-0.1, -0.05) is 6.92 Å². The standard InChI is InChI=1S/C13H20O4/c1-4-12(2,3)11(15)17-13-7-5-6-9(13)16-10(14)8-13/h9H,4-8H2,1-3H3. The third kappa shape index (κ3) is 2.05. The first kappa shape index (κ1) is 12.4. The Labute approximate surface area is 102 Å². The third-order valence-corrected chi connectivity index (χ3v) is 4.10. The summed E-state index contributed by atoms with van der Waals surface area (Å²) in [5, 5.41) is 0. The van der Waals surface area contributed by atoms with Crippen molar-refractivity contribution in [2.24, 2.45) is 5.41 Å². The van der Waals surface area contributed by atoms with Crippen LogP contribution in [0.1, 0.15) is 52.9 Å². The zero-order valence-electron chi connectivity index (χ0n) is 10.7. The van der Waals surface area contributed by atoms with E-state index in [0.29, 0.717) is 0 Å². The molecule has 0 aromatic carbocycles. The first-order valence-electron chi connectivity index (χ1n) is 6.32. The highest BCUT2D eigenvalue weighted by Gasteiger charge is 2.56. The fraction of sp³-hybridized carbons (Fsp3) is 0.846. The lowest BCUT2D eigenvalue weighted by Crippen LogP contribution is -2.42. The minimum atomic E-state index is -0.666. The van der Waals surface area contributed by atoms with Crippen LogP contribution in [0.5, 0.6) is 0 Å². The maximum atomic E-state index is 12.1. The Kier molecular flexibility index (Phi) is 2.92. The van der Waals surface area contributed by atoms with Crippen molar-refractivity contribution in [2.45, 2.75) is 64.6 Å². The number of carbonyl (C=O) groups excluding carboxylic acids is 2. The lowest BCUT2D eigenvalue weighted by molar-refractivity contribution is -0.174. The SMILES string of the molecule is CCC(C)(C)C(=O)OC12CCCC1OC(=O)C2. The number of ether oxygens (including phenoxy) is 2. The van der Waals surface area contributed by atoms with Gasteiger partial charge in [-0.25, -0.2) is 0 Å². The summed E-state index contributed by atoms with van der Waals surface area (Å²) in [6.07, 6.45) is 3.25. The van der Waals surface area contributed by atoms with Crippen molar-refractivity contribution in [1.29, 1.82) is 0 Å². The lowest BCUT2D eigenvalue weighted by Gasteiger charge is -2.31. The van der Waals surface area contributed by atoms with E-state index < -0.39 is 11.0 Å². The molecule has 1 aliphatic carbocycles. The Morgan fingerprint density at radius 3 is 2.94 bits per heavy atom. The fourth-order valence-electron chi connectivity index (χ4n) is 2.44. The summed E-state index contributed by atoms with van der Waals surface area (Å²) >= 11 is 0. The molecule has 96 valence electrons. The highest BCUT2D eigenvalue weighted by atomic mass is 16.6. The summed E-state index contributed by atoms with van der Waals surface area (Å²) < 4.78 is 10.9. The van der Waals surface area contributed by atoms with E-state index in [0.717, 1.165) is 25.7 Å². The van der Waals surface area contributed by atoms with E-state index in [1.165, 1.54) is 0 Å². The molecule has 2 aliphatic rings. The van der Waals surface area contributed by atoms with Crippen molar-refractivity contribution in [2.75, 3.05) is 0 Å². The molecule has 1 saturated carbocycles. The molecule has 2 rings (SSSR count). The van der Waals surface area contributed by atoms with Gasteiger partial charge in [0, 0.05) is 0 Å². The highest BCUT2D eigenvalue weighted by molar-refractivity contribution is 5.79. The van der Waals surface area contributed by atoms with Crippen LogP contribution in [0.15, 0.2) is 0 Å². The summed E-state index contributed by atoms with van der Waals surface area (Å²) in [4.78, 5) is 23.5. The molecule has 2 fully saturated rings. The Balaban J connectivity index is 2.12. The Bertz CT molecular complexity index is 347. The molecule has 2 atom stereocenters. The van der Waals surface area contributed by atoms with Gasteiger partial charge in [-0.2, -0.15) is 0 Å². The molecule has 0 aromatic heterocycles. The van der Waals surface area contributed by atoms with E-state index in [1.807, 2.05) is 20.8 Å². The maximum absolute atomic E-state index is 12.1. The molecular formula is C13H20O4. The van der Waals surface area contributed by atoms with Crippen LogP contribution in [0.2, 0.25) is 0 Å². The van der Waals surface area contributed by atoms with Crippen molar-refractivity contribution >= 4 is 11.9 Å². The van der Waals surface area contributed by atoms with E-state index in [4.69, 9.17) is 9.47 Å². The molecule has 0 radical (unpaired) electrons. The van der Waals surface area contributed by atoms with Gasteiger partial charge in [-0.15, -0.1) is 0 Å². The zero-order valence-corrected chi connectivity index (χ0v) is 10.7. The first-order chi connectivity index (χ1) is 7.89. The second-order valence-corrected chi connectivity index (χ2v) is 5.74. The van der Waals surface area contributed by atoms with E-state index in [9.17, 15) is 9.59 Å². The van der Waals surface area contributed by atoms with Crippen molar-refractivity contribution in [1.82, 2.24) is 0 Å². The van der Waals surface area contributed by atoms with Gasteiger partial charge in [0.2, 0.25) is 0 Å². The first-order valence-corrected chi connectivity index (χ1v) is 6.32. The Morgan fingerprint density at radius 2 is 2.29 bits per heavy atom. The van der Waals surface area contributed by atoms with E-state index >= 15 is 0 Å². The third-order valence-electron chi connectivity index (χ3n) is 4.10. The van der Waals surface area contributed by atoms with Crippen LogP contribution in [-0.4, -0.2) is 23.6 Å². The van der Waals surface area contributed by atoms with E-state index in [1.54, 1.807) is 0 Å². The Morgan fingerprint density at radius 1 is 1.59 bits per heavy atom. The molecule has 0 N–H and O–H groups in total. The minimum Gasteiger partial charge on any atom is -0.458 e. The van der Waals surface area contributed by atoms with Gasteiger partial charge in [-0.05, 0) is 39.5 Å². The molecular weight excluding hydrogens is 220 g/mol. The second kappa shape index (κ2) is 4.00. The van der Waals surface area contributed by atoms with Crippen LogP contribution in [0.25, 0.3) is 0 Å². The number of fused-ring (bicyclic) bond motifs is 1. The van der Waals surface area contributed by atoms with Crippen LogP contribution < -0.4 is 0 Å². The van der Waals surface area contributed by atoms with Crippen LogP contribution in [-0.2, 0) is 19.1 Å². The summed E-state index contributed by atoms with van der Waals surface area (Å²) in [5.74, 6) is -0.456. The van der Waals surface area contributed by atoms with Crippen molar-refractivity contribution in [3.05, 3.63) is 0 Å². The van der Waals surface area contributed by atoms with E-state index in [2.05, 4.69) is 0 Å². The molecule has 1 saturated heterocycles. The Hall–Kier alpha value is -1.06. The van der Waals surface area contributed by atoms with Crippen LogP contribution in [0.3, 0.4) is 0 Å². The second-order valence-electron chi connectivity index (χ2n) is 5.74. The number of esters is 2. The molecule has 1 aliphatic heterocycles. The molecule has 17 heavy (non-hydrogen) atoms. The molecule has 0 bridgehead atoms. The molecule has 1 heterocycles. The molecule has 4 nitrogen and oxygen atoms in total. The summed E-state index contributed by atoms with van der Waals surface area (Å²) in [7, 11) is 0. The van der Waals surface area contributed by atoms with Crippen molar-refractivity contribution in [3.63, 3.8) is 0 Å². The van der Waals surface area contributed by atoms with Gasteiger partial charge in [0.05, 0.1) is 11.8 Å². The van der Waals surface area contributed by atoms with E-state index in [-0.39, 0.29) is 24.5 Å². The molecule has 4 heteroatoms. The zero-order chi connectivity index (χ0) is 12.7. The number of carbonyl (C=O) groups is 2. The minimum absolute atomic E-state index is 0.216. The number of hydrogen-bond donors (Lipinski definition) is 0. The van der Waals surface area contributed by atoms with Gasteiger partial charge < -0.3 is 9.47 Å². The van der Waals surface area contributed by atoms with Crippen molar-refractivity contribution in [3.8, 4) is 0 Å². The van der Waals surface area contributed by atoms with Crippen LogP contribution >= 0.6 is 0 Å². The van der Waals surface area contributed by atoms with Crippen LogP contribution in [0.4, 0.5) is 0 Å².